The first-order valence-corrected chi connectivity index (χ1v) is 7.90. The second-order valence-corrected chi connectivity index (χ2v) is 5.96. The molecule has 0 aliphatic heterocycles. The van der Waals surface area contributed by atoms with Gasteiger partial charge in [0.15, 0.2) is 0 Å². The van der Waals surface area contributed by atoms with Crippen molar-refractivity contribution in [3.05, 3.63) is 57.2 Å². The van der Waals surface area contributed by atoms with Crippen molar-refractivity contribution in [2.45, 2.75) is 20.8 Å². The van der Waals surface area contributed by atoms with Crippen LogP contribution in [0.3, 0.4) is 0 Å². The van der Waals surface area contributed by atoms with Crippen LogP contribution in [0.5, 0.6) is 0 Å². The summed E-state index contributed by atoms with van der Waals surface area (Å²) in [4.78, 5) is 15.1. The second kappa shape index (κ2) is 6.39. The normalized spacial score (nSPS) is 13.6. The maximum Gasteiger partial charge on any atom is 0.259 e. The Morgan fingerprint density at radius 1 is 1.24 bits per heavy atom. The Morgan fingerprint density at radius 3 is 2.68 bits per heavy atom. The Bertz CT molecular complexity index is 1100. The minimum atomic E-state index is -0.178. The lowest BCUT2D eigenvalue weighted by Gasteiger charge is -2.15. The van der Waals surface area contributed by atoms with Gasteiger partial charge in [-0.15, -0.1) is 0 Å². The van der Waals surface area contributed by atoms with E-state index in [1.807, 2.05) is 39.0 Å². The summed E-state index contributed by atoms with van der Waals surface area (Å²) in [5.41, 5.74) is 4.87. The van der Waals surface area contributed by atoms with Gasteiger partial charge in [0.1, 0.15) is 0 Å². The van der Waals surface area contributed by atoms with Gasteiger partial charge in [-0.05, 0) is 49.1 Å². The van der Waals surface area contributed by atoms with E-state index in [0.717, 1.165) is 44.5 Å². The molecule has 25 heavy (non-hydrogen) atoms. The number of allylic oxidation sites excluding steroid dienone is 4. The quantitative estimate of drug-likeness (QED) is 0.384. The monoisotopic (exact) mass is 336 g/mol. The number of hydrogen-bond donors (Lipinski definition) is 3. The molecule has 0 aliphatic rings. The van der Waals surface area contributed by atoms with Crippen LogP contribution >= 0.6 is 0 Å². The number of hydrogen-bond acceptors (Lipinski definition) is 4. The largest absolute Gasteiger partial charge is 0.501 e. The van der Waals surface area contributed by atoms with Gasteiger partial charge in [-0.2, -0.15) is 5.10 Å². The van der Waals surface area contributed by atoms with E-state index in [2.05, 4.69) is 15.2 Å². The Kier molecular flexibility index (Phi) is 4.27. The second-order valence-electron chi connectivity index (χ2n) is 5.96. The first-order chi connectivity index (χ1) is 12.0. The molecule has 0 amide bonds. The molecular weight excluding hydrogens is 316 g/mol. The topological polar surface area (TPSA) is 94.6 Å². The van der Waals surface area contributed by atoms with E-state index in [1.54, 1.807) is 7.11 Å². The summed E-state index contributed by atoms with van der Waals surface area (Å²) in [5, 5.41) is 15.9. The van der Waals surface area contributed by atoms with Gasteiger partial charge < -0.3 is 15.1 Å². The zero-order valence-electron chi connectivity index (χ0n) is 14.7. The van der Waals surface area contributed by atoms with Gasteiger partial charge in [0.25, 0.3) is 5.56 Å². The summed E-state index contributed by atoms with van der Waals surface area (Å²) in [7, 11) is 1.63. The lowest BCUT2D eigenvalue weighted by atomic mass is 9.93. The third kappa shape index (κ3) is 2.76. The van der Waals surface area contributed by atoms with Crippen LogP contribution in [0.4, 0.5) is 0 Å². The van der Waals surface area contributed by atoms with Crippen LogP contribution in [0.15, 0.2) is 46.1 Å². The number of nitrogens with one attached hydrogen (secondary N) is 3. The fourth-order valence-corrected chi connectivity index (χ4v) is 3.02. The Labute approximate surface area is 144 Å². The third-order valence-electron chi connectivity index (χ3n) is 4.53. The number of benzene rings is 1. The molecule has 3 N–H and O–H groups in total. The highest BCUT2D eigenvalue weighted by atomic mass is 16.5. The van der Waals surface area contributed by atoms with E-state index >= 15 is 0 Å². The molecule has 2 aromatic heterocycles. The van der Waals surface area contributed by atoms with Crippen molar-refractivity contribution in [1.82, 2.24) is 15.2 Å². The van der Waals surface area contributed by atoms with E-state index < -0.39 is 0 Å². The molecule has 0 fully saturated rings. The van der Waals surface area contributed by atoms with Crippen LogP contribution < -0.4 is 5.56 Å². The fraction of sp³-hybridized carbons (Fsp3) is 0.211. The molecule has 0 saturated heterocycles. The number of rotatable bonds is 4. The highest BCUT2D eigenvalue weighted by molar-refractivity contribution is 6.04. The van der Waals surface area contributed by atoms with Gasteiger partial charge in [-0.3, -0.25) is 9.89 Å². The number of methoxy groups -OCH3 is 1. The van der Waals surface area contributed by atoms with Gasteiger partial charge in [-0.25, -0.2) is 0 Å². The highest BCUT2D eigenvalue weighted by Crippen LogP contribution is 2.31. The molecule has 0 unspecified atom stereocenters. The summed E-state index contributed by atoms with van der Waals surface area (Å²) < 4.78 is 5.36. The molecule has 1 aromatic carbocycles. The van der Waals surface area contributed by atoms with Crippen molar-refractivity contribution in [2.24, 2.45) is 0 Å². The maximum atomic E-state index is 12.2. The van der Waals surface area contributed by atoms with Crippen molar-refractivity contribution >= 4 is 33.6 Å². The van der Waals surface area contributed by atoms with Crippen LogP contribution in [-0.2, 0) is 4.74 Å². The van der Waals surface area contributed by atoms with Crippen LogP contribution in [0.1, 0.15) is 26.3 Å². The Balaban J connectivity index is 2.32. The molecule has 6 heteroatoms. The summed E-state index contributed by atoms with van der Waals surface area (Å²) in [5.74, 6) is 0.786. The molecule has 0 aliphatic carbocycles. The van der Waals surface area contributed by atoms with Crippen LogP contribution in [0, 0.1) is 5.41 Å². The minimum Gasteiger partial charge on any atom is -0.501 e. The predicted octanol–water partition coefficient (Wildman–Crippen LogP) is 3.77. The number of pyridine rings is 1. The van der Waals surface area contributed by atoms with Crippen LogP contribution in [0.2, 0.25) is 0 Å². The molecule has 0 atom stereocenters. The highest BCUT2D eigenvalue weighted by Gasteiger charge is 2.13. The standard InChI is InChI=1S/C19H20N4O2/c1-10(8-20)17(11(2)12(3)25-4)13-5-6-14-16(7-13)22-19(24)15-9-21-23-18(14)15/h5-9,20H,1-4H3,(H,21,23)(H,22,24)/b12-11+,17-10+,20-8?. The van der Waals surface area contributed by atoms with Gasteiger partial charge in [-0.1, -0.05) is 12.1 Å². The van der Waals surface area contributed by atoms with Crippen molar-refractivity contribution in [3.8, 4) is 0 Å². The summed E-state index contributed by atoms with van der Waals surface area (Å²) in [6.45, 7) is 5.75. The van der Waals surface area contributed by atoms with Crippen molar-refractivity contribution in [2.75, 3.05) is 7.11 Å². The maximum absolute atomic E-state index is 12.2. The molecule has 3 aromatic rings. The predicted molar refractivity (Wildman–Crippen MR) is 101 cm³/mol. The zero-order valence-corrected chi connectivity index (χ0v) is 14.7. The number of nitrogens with zero attached hydrogens (tertiary/aromatic N) is 1. The number of ether oxygens (including phenoxy) is 1. The minimum absolute atomic E-state index is 0.178. The molecule has 2 heterocycles. The summed E-state index contributed by atoms with van der Waals surface area (Å²) >= 11 is 0. The Morgan fingerprint density at radius 2 is 2.00 bits per heavy atom. The average Bonchev–Trinajstić information content (AvgIpc) is 3.11. The number of aromatic amines is 2. The molecule has 128 valence electrons. The van der Waals surface area contributed by atoms with E-state index in [0.29, 0.717) is 5.39 Å². The van der Waals surface area contributed by atoms with Gasteiger partial charge in [0, 0.05) is 11.6 Å². The Hall–Kier alpha value is -3.15. The van der Waals surface area contributed by atoms with Crippen LogP contribution in [-0.4, -0.2) is 28.5 Å². The number of H-pyrrole nitrogens is 2. The van der Waals surface area contributed by atoms with Gasteiger partial charge in [0.05, 0.1) is 35.5 Å². The van der Waals surface area contributed by atoms with E-state index in [-0.39, 0.29) is 5.56 Å². The van der Waals surface area contributed by atoms with Gasteiger partial charge >= 0.3 is 0 Å². The smallest absolute Gasteiger partial charge is 0.259 e. The first-order valence-electron chi connectivity index (χ1n) is 7.90. The molecular formula is C19H20N4O2. The summed E-state index contributed by atoms with van der Waals surface area (Å²) in [6.07, 6.45) is 2.85. The lowest BCUT2D eigenvalue weighted by Crippen LogP contribution is -2.05. The molecule has 0 spiro atoms. The fourth-order valence-electron chi connectivity index (χ4n) is 3.02. The zero-order chi connectivity index (χ0) is 18.1. The first kappa shape index (κ1) is 16.7. The van der Waals surface area contributed by atoms with Crippen molar-refractivity contribution in [1.29, 1.82) is 5.41 Å². The van der Waals surface area contributed by atoms with E-state index in [9.17, 15) is 4.79 Å². The van der Waals surface area contributed by atoms with Crippen molar-refractivity contribution < 1.29 is 4.74 Å². The van der Waals surface area contributed by atoms with Gasteiger partial charge in [0.2, 0.25) is 0 Å². The number of aromatic nitrogens is 3. The molecule has 0 saturated carbocycles. The third-order valence-corrected chi connectivity index (χ3v) is 4.53. The number of fused-ring (bicyclic) bond motifs is 3. The summed E-state index contributed by atoms with van der Waals surface area (Å²) in [6, 6.07) is 5.86. The van der Waals surface area contributed by atoms with E-state index in [4.69, 9.17) is 10.1 Å². The molecule has 0 radical (unpaired) electrons. The SMILES string of the molecule is CO/C(C)=C(C)/C(=C(/C)C=N)c1ccc2c(c1)[nH]c(=O)c1cn[nH]c12. The average molecular weight is 336 g/mol. The van der Waals surface area contributed by atoms with E-state index in [1.165, 1.54) is 12.4 Å². The molecule has 3 rings (SSSR count). The molecule has 0 bridgehead atoms. The molecule has 6 nitrogen and oxygen atoms in total. The van der Waals surface area contributed by atoms with Crippen LogP contribution in [0.25, 0.3) is 27.4 Å². The van der Waals surface area contributed by atoms with Crippen molar-refractivity contribution in [3.63, 3.8) is 0 Å². The lowest BCUT2D eigenvalue weighted by molar-refractivity contribution is 0.290.